The van der Waals surface area contributed by atoms with Crippen molar-refractivity contribution in [2.75, 3.05) is 0 Å². The number of aliphatic hydroxyl groups excluding tert-OH is 2. The van der Waals surface area contributed by atoms with Crippen LogP contribution in [0.5, 0.6) is 0 Å². The molecule has 0 aromatic carbocycles. The summed E-state index contributed by atoms with van der Waals surface area (Å²) < 4.78 is 0. The molecule has 0 aromatic heterocycles. The van der Waals surface area contributed by atoms with Crippen molar-refractivity contribution in [2.45, 2.75) is 216 Å². The van der Waals surface area contributed by atoms with Gasteiger partial charge in [-0.05, 0) is 194 Å². The van der Waals surface area contributed by atoms with E-state index >= 15 is 0 Å². The topological polar surface area (TPSA) is 40.5 Å². The van der Waals surface area contributed by atoms with E-state index in [1.165, 1.54) is 109 Å². The molecule has 17 atom stereocenters. The van der Waals surface area contributed by atoms with Crippen molar-refractivity contribution in [1.29, 1.82) is 0 Å². The van der Waals surface area contributed by atoms with E-state index in [2.05, 4.69) is 81.4 Å². The van der Waals surface area contributed by atoms with E-state index in [1.807, 2.05) is 0 Å². The molecule has 2 nitrogen and oxygen atoms in total. The lowest BCUT2D eigenvalue weighted by molar-refractivity contribution is -0.205. The van der Waals surface area contributed by atoms with Gasteiger partial charge in [0.15, 0.2) is 0 Å². The van der Waals surface area contributed by atoms with E-state index in [-0.39, 0.29) is 28.5 Å². The number of hydrogen-bond acceptors (Lipinski definition) is 2. The molecule has 6 saturated carbocycles. The average molecular weight is 771 g/mol. The zero-order chi connectivity index (χ0) is 40.0. The maximum Gasteiger partial charge on any atom is 0.0580 e. The van der Waals surface area contributed by atoms with Gasteiger partial charge in [0, 0.05) is 0 Å². The van der Waals surface area contributed by atoms with Gasteiger partial charge in [-0.25, -0.2) is 0 Å². The summed E-state index contributed by atoms with van der Waals surface area (Å²) in [5, 5.41) is 23.1. The molecule has 8 aliphatic rings. The Kier molecular flexibility index (Phi) is 11.6. The number of rotatable bonds is 11. The van der Waals surface area contributed by atoms with Gasteiger partial charge in [0.1, 0.15) is 0 Å². The average Bonchev–Trinajstić information content (AvgIpc) is 3.66. The lowest BCUT2D eigenvalue weighted by Gasteiger charge is -2.71. The molecule has 0 aromatic rings. The number of aliphatic hydroxyl groups is 2. The largest absolute Gasteiger partial charge is 0.393 e. The van der Waals surface area contributed by atoms with Crippen LogP contribution in [-0.2, 0) is 0 Å². The molecule has 0 radical (unpaired) electrons. The summed E-state index contributed by atoms with van der Waals surface area (Å²) in [5.41, 5.74) is 4.82. The molecule has 2 N–H and O–H groups in total. The normalized spacial score (nSPS) is 49.5. The predicted octanol–water partition coefficient (Wildman–Crippen LogP) is 14.4. The molecule has 0 saturated heterocycles. The van der Waals surface area contributed by atoms with Crippen LogP contribution in [0.25, 0.3) is 0 Å². The first-order valence-electron chi connectivity index (χ1n) is 25.3. The van der Waals surface area contributed by atoms with Crippen LogP contribution in [0, 0.1) is 98.1 Å². The van der Waals surface area contributed by atoms with Gasteiger partial charge in [-0.2, -0.15) is 0 Å². The Balaban J connectivity index is 1.18. The van der Waals surface area contributed by atoms with Crippen LogP contribution in [-0.4, -0.2) is 22.4 Å². The molecular formula is C54H90O2. The van der Waals surface area contributed by atoms with Gasteiger partial charge >= 0.3 is 0 Å². The third-order valence-corrected chi connectivity index (χ3v) is 21.7. The zero-order valence-electron chi connectivity index (χ0n) is 38.5. The zero-order valence-corrected chi connectivity index (χ0v) is 38.5. The van der Waals surface area contributed by atoms with Crippen LogP contribution in [0.3, 0.4) is 0 Å². The lowest BCUT2D eigenvalue weighted by Crippen LogP contribution is -2.65. The molecule has 8 aliphatic carbocycles. The summed E-state index contributed by atoms with van der Waals surface area (Å²) in [4.78, 5) is 0. The van der Waals surface area contributed by atoms with Crippen LogP contribution in [0.1, 0.15) is 204 Å². The van der Waals surface area contributed by atoms with Gasteiger partial charge in [-0.1, -0.05) is 131 Å². The molecule has 0 heterocycles. The van der Waals surface area contributed by atoms with Crippen molar-refractivity contribution < 1.29 is 10.2 Å². The third kappa shape index (κ3) is 6.40. The maximum absolute atomic E-state index is 12.2. The second-order valence-corrected chi connectivity index (χ2v) is 24.7. The fourth-order valence-electron chi connectivity index (χ4n) is 19.0. The molecule has 1 unspecified atom stereocenters. The summed E-state index contributed by atoms with van der Waals surface area (Å²) in [7, 11) is 0. The summed E-state index contributed by atoms with van der Waals surface area (Å²) >= 11 is 0. The maximum atomic E-state index is 12.2. The van der Waals surface area contributed by atoms with Crippen LogP contribution in [0.4, 0.5) is 0 Å². The number of hydrogen-bond donors (Lipinski definition) is 2. The minimum Gasteiger partial charge on any atom is -0.393 e. The van der Waals surface area contributed by atoms with Crippen LogP contribution >= 0.6 is 0 Å². The SMILES string of the molecule is CC(C)CCC[C@@H](C)[C@H]1CC[C@H]2[C@@H]3CC=C4C[C@@H](O)CC([C@@]56CC[C@H]([C@H](C)CCCC(C)C)[C@@]5(C)CC[C@H]5[C@H]6CC=C6C[C@@H](O)CC[C@@]65C)[C@]4(C)[C@H]3CC[C@]12C. The monoisotopic (exact) mass is 771 g/mol. The standard InChI is InChI=1S/C54H90O2/c1-34(2)13-11-15-36(5)43-21-22-45-42-19-17-39-32-41(56)33-49(53(39,10)46(42)24-28-51(43,45)8)54-30-26-44(37(6)16-12-14-35(3)4)52(54,9)29-25-47-48(54)20-18-38-31-40(55)23-27-50(38,47)7/h17-18,34-37,40-49,55-56H,11-16,19-33H2,1-10H3/t36-,37-,40+,41-,42+,43-,44-,45+,46+,47+,48-,49?,50+,51-,52-,53+,54+/m1/s1. The van der Waals surface area contributed by atoms with Crippen molar-refractivity contribution in [3.8, 4) is 0 Å². The smallest absolute Gasteiger partial charge is 0.0580 e. The lowest BCUT2D eigenvalue weighted by atomic mass is 9.33. The van der Waals surface area contributed by atoms with Gasteiger partial charge in [0.2, 0.25) is 0 Å². The molecule has 0 amide bonds. The minimum atomic E-state index is -0.191. The first-order chi connectivity index (χ1) is 26.5. The van der Waals surface area contributed by atoms with Crippen molar-refractivity contribution >= 4 is 0 Å². The van der Waals surface area contributed by atoms with E-state index in [4.69, 9.17) is 0 Å². The summed E-state index contributed by atoms with van der Waals surface area (Å²) in [6, 6.07) is 0. The predicted molar refractivity (Wildman–Crippen MR) is 236 cm³/mol. The highest BCUT2D eigenvalue weighted by Gasteiger charge is 2.73. The van der Waals surface area contributed by atoms with Gasteiger partial charge in [0.25, 0.3) is 0 Å². The molecule has 8 rings (SSSR count). The van der Waals surface area contributed by atoms with E-state index in [0.717, 1.165) is 84.9 Å². The molecule has 0 bridgehead atoms. The van der Waals surface area contributed by atoms with Crippen molar-refractivity contribution in [1.82, 2.24) is 0 Å². The molecule has 2 heteroatoms. The Morgan fingerprint density at radius 1 is 0.589 bits per heavy atom. The Hall–Kier alpha value is -0.600. The highest BCUT2D eigenvalue weighted by molar-refractivity contribution is 5.34. The molecule has 318 valence electrons. The summed E-state index contributed by atoms with van der Waals surface area (Å²) in [5.74, 6) is 9.37. The first-order valence-corrected chi connectivity index (χ1v) is 25.3. The molecule has 56 heavy (non-hydrogen) atoms. The van der Waals surface area contributed by atoms with Crippen molar-refractivity contribution in [3.05, 3.63) is 23.3 Å². The number of fused-ring (bicyclic) bond motifs is 10. The fourth-order valence-corrected chi connectivity index (χ4v) is 19.0. The van der Waals surface area contributed by atoms with E-state index < -0.39 is 0 Å². The Morgan fingerprint density at radius 2 is 1.23 bits per heavy atom. The third-order valence-electron chi connectivity index (χ3n) is 21.7. The van der Waals surface area contributed by atoms with Gasteiger partial charge in [-0.3, -0.25) is 0 Å². The Bertz CT molecular complexity index is 1470. The van der Waals surface area contributed by atoms with Gasteiger partial charge < -0.3 is 10.2 Å². The fraction of sp³-hybridized carbons (Fsp3) is 0.926. The van der Waals surface area contributed by atoms with E-state index in [0.29, 0.717) is 22.7 Å². The molecule has 0 aliphatic heterocycles. The van der Waals surface area contributed by atoms with E-state index in [1.54, 1.807) is 11.1 Å². The van der Waals surface area contributed by atoms with Crippen molar-refractivity contribution in [3.63, 3.8) is 0 Å². The van der Waals surface area contributed by atoms with E-state index in [9.17, 15) is 10.2 Å². The molecule has 6 fully saturated rings. The summed E-state index contributed by atoms with van der Waals surface area (Å²) in [6.45, 7) is 26.1. The second kappa shape index (κ2) is 15.4. The quantitative estimate of drug-likeness (QED) is 0.205. The second-order valence-electron chi connectivity index (χ2n) is 24.7. The van der Waals surface area contributed by atoms with Gasteiger partial charge in [0.05, 0.1) is 12.2 Å². The highest BCUT2D eigenvalue weighted by Crippen LogP contribution is 2.80. The van der Waals surface area contributed by atoms with Crippen molar-refractivity contribution in [2.24, 2.45) is 98.1 Å². The number of allylic oxidation sites excluding steroid dienone is 2. The molecule has 0 spiro atoms. The summed E-state index contributed by atoms with van der Waals surface area (Å²) in [6.07, 6.45) is 32.4. The van der Waals surface area contributed by atoms with Crippen LogP contribution in [0.15, 0.2) is 23.3 Å². The molecular weight excluding hydrogens is 681 g/mol. The Labute approximate surface area is 346 Å². The minimum absolute atomic E-state index is 0.147. The van der Waals surface area contributed by atoms with Gasteiger partial charge in [-0.15, -0.1) is 0 Å². The van der Waals surface area contributed by atoms with Crippen LogP contribution < -0.4 is 0 Å². The van der Waals surface area contributed by atoms with Crippen LogP contribution in [0.2, 0.25) is 0 Å². The first kappa shape index (κ1) is 42.1. The Morgan fingerprint density at radius 3 is 1.93 bits per heavy atom. The highest BCUT2D eigenvalue weighted by atomic mass is 16.3.